The zero-order valence-corrected chi connectivity index (χ0v) is 12.9. The van der Waals surface area contributed by atoms with Crippen molar-refractivity contribution in [1.29, 1.82) is 0 Å². The predicted molar refractivity (Wildman–Crippen MR) is 89.3 cm³/mol. The highest BCUT2D eigenvalue weighted by molar-refractivity contribution is 5.99. The Labute approximate surface area is 135 Å². The van der Waals surface area contributed by atoms with E-state index in [0.29, 0.717) is 5.92 Å². The van der Waals surface area contributed by atoms with E-state index in [0.717, 1.165) is 23.5 Å². The van der Waals surface area contributed by atoms with Crippen molar-refractivity contribution in [3.8, 4) is 5.75 Å². The lowest BCUT2D eigenvalue weighted by Crippen LogP contribution is -2.47. The average Bonchev–Trinajstić information content (AvgIpc) is 3.42. The van der Waals surface area contributed by atoms with E-state index in [4.69, 9.17) is 10.5 Å². The zero-order valence-electron chi connectivity index (χ0n) is 12.9. The fourth-order valence-corrected chi connectivity index (χ4v) is 3.08. The van der Waals surface area contributed by atoms with Gasteiger partial charge < -0.3 is 15.4 Å². The number of rotatable bonds is 3. The first-order valence-corrected chi connectivity index (χ1v) is 8.11. The second kappa shape index (κ2) is 5.70. The molecule has 1 aliphatic heterocycles. The quantitative estimate of drug-likeness (QED) is 0.948. The molecule has 118 valence electrons. The van der Waals surface area contributed by atoms with Crippen molar-refractivity contribution in [2.24, 2.45) is 11.7 Å². The minimum absolute atomic E-state index is 0.0595. The number of amides is 1. The topological polar surface area (TPSA) is 55.6 Å². The minimum atomic E-state index is -0.705. The number of para-hydroxylation sites is 2. The van der Waals surface area contributed by atoms with E-state index in [1.54, 1.807) is 0 Å². The molecule has 23 heavy (non-hydrogen) atoms. The fraction of sp³-hybridized carbons (Fsp3) is 0.316. The Balaban J connectivity index is 1.75. The number of hydrogen-bond acceptors (Lipinski definition) is 3. The Morgan fingerprint density at radius 1 is 1.04 bits per heavy atom. The largest absolute Gasteiger partial charge is 0.481 e. The predicted octanol–water partition coefficient (Wildman–Crippen LogP) is 2.89. The second-order valence-corrected chi connectivity index (χ2v) is 6.33. The van der Waals surface area contributed by atoms with Gasteiger partial charge in [0.05, 0.1) is 5.69 Å². The van der Waals surface area contributed by atoms with Gasteiger partial charge in [0.25, 0.3) is 0 Å². The van der Waals surface area contributed by atoms with Crippen molar-refractivity contribution in [1.82, 2.24) is 0 Å². The molecular weight excluding hydrogens is 288 g/mol. The Bertz CT molecular complexity index is 712. The number of carbonyl (C=O) groups excluding carboxylic acids is 1. The molecule has 0 bridgehead atoms. The van der Waals surface area contributed by atoms with Gasteiger partial charge in [-0.25, -0.2) is 0 Å². The van der Waals surface area contributed by atoms with Gasteiger partial charge in [-0.15, -0.1) is 0 Å². The van der Waals surface area contributed by atoms with Crippen molar-refractivity contribution in [2.45, 2.75) is 25.0 Å². The molecule has 2 aromatic rings. The Morgan fingerprint density at radius 3 is 2.48 bits per heavy atom. The average molecular weight is 308 g/mol. The van der Waals surface area contributed by atoms with Crippen molar-refractivity contribution in [2.75, 3.05) is 11.4 Å². The third-order valence-corrected chi connectivity index (χ3v) is 4.55. The van der Waals surface area contributed by atoms with Crippen LogP contribution in [0.15, 0.2) is 54.6 Å². The van der Waals surface area contributed by atoms with Crippen LogP contribution in [0.4, 0.5) is 5.69 Å². The lowest BCUT2D eigenvalue weighted by molar-refractivity contribution is -0.121. The third kappa shape index (κ3) is 2.70. The summed E-state index contributed by atoms with van der Waals surface area (Å²) in [7, 11) is 0. The van der Waals surface area contributed by atoms with Crippen molar-refractivity contribution in [3.05, 3.63) is 60.2 Å². The number of benzene rings is 2. The van der Waals surface area contributed by atoms with E-state index in [1.807, 2.05) is 59.5 Å². The van der Waals surface area contributed by atoms with Crippen molar-refractivity contribution in [3.63, 3.8) is 0 Å². The fourth-order valence-electron chi connectivity index (χ4n) is 3.08. The summed E-state index contributed by atoms with van der Waals surface area (Å²) in [5.41, 5.74) is 8.06. The molecule has 2 aromatic carbocycles. The monoisotopic (exact) mass is 308 g/mol. The maximum atomic E-state index is 13.0. The maximum absolute atomic E-state index is 13.0. The summed E-state index contributed by atoms with van der Waals surface area (Å²) < 4.78 is 6.17. The SMILES string of the molecule is NC1C(=O)N(CC2CC2)c2ccccc2OC1c1ccccc1. The molecule has 1 amide bonds. The normalized spacial score (nSPS) is 23.9. The molecule has 0 radical (unpaired) electrons. The molecule has 2 atom stereocenters. The van der Waals surface area contributed by atoms with Crippen LogP contribution >= 0.6 is 0 Å². The molecule has 2 aliphatic rings. The summed E-state index contributed by atoms with van der Waals surface area (Å²) in [6.07, 6.45) is 1.91. The molecule has 2 N–H and O–H groups in total. The molecule has 2 unspecified atom stereocenters. The highest BCUT2D eigenvalue weighted by atomic mass is 16.5. The van der Waals surface area contributed by atoms with Gasteiger partial charge in [-0.2, -0.15) is 0 Å². The number of fused-ring (bicyclic) bond motifs is 1. The van der Waals surface area contributed by atoms with E-state index in [1.165, 1.54) is 12.8 Å². The molecule has 1 saturated carbocycles. The molecular formula is C19H20N2O2. The van der Waals surface area contributed by atoms with E-state index < -0.39 is 12.1 Å². The molecule has 0 spiro atoms. The Hall–Kier alpha value is -2.33. The zero-order chi connectivity index (χ0) is 15.8. The van der Waals surface area contributed by atoms with Crippen molar-refractivity contribution >= 4 is 11.6 Å². The molecule has 0 aromatic heterocycles. The maximum Gasteiger partial charge on any atom is 0.248 e. The lowest BCUT2D eigenvalue weighted by atomic mass is 10.0. The Morgan fingerprint density at radius 2 is 1.74 bits per heavy atom. The summed E-state index contributed by atoms with van der Waals surface area (Å²) in [6, 6.07) is 16.7. The molecule has 1 aliphatic carbocycles. The first-order valence-electron chi connectivity index (χ1n) is 8.11. The van der Waals surface area contributed by atoms with Crippen LogP contribution in [0.2, 0.25) is 0 Å². The van der Waals surface area contributed by atoms with Crippen LogP contribution in [-0.4, -0.2) is 18.5 Å². The Kier molecular flexibility index (Phi) is 3.54. The number of nitrogens with two attached hydrogens (primary N) is 1. The van der Waals surface area contributed by atoms with Gasteiger partial charge in [0.1, 0.15) is 17.9 Å². The molecule has 4 nitrogen and oxygen atoms in total. The highest BCUT2D eigenvalue weighted by Crippen LogP contribution is 2.40. The minimum Gasteiger partial charge on any atom is -0.481 e. The smallest absolute Gasteiger partial charge is 0.248 e. The summed E-state index contributed by atoms with van der Waals surface area (Å²) in [5.74, 6) is 1.26. The van der Waals surface area contributed by atoms with Crippen LogP contribution in [0.5, 0.6) is 5.75 Å². The number of nitrogens with zero attached hydrogens (tertiary/aromatic N) is 1. The van der Waals surface area contributed by atoms with Gasteiger partial charge in [-0.3, -0.25) is 4.79 Å². The van der Waals surface area contributed by atoms with Gasteiger partial charge in [-0.05, 0) is 36.5 Å². The van der Waals surface area contributed by atoms with Gasteiger partial charge >= 0.3 is 0 Å². The van der Waals surface area contributed by atoms with Crippen LogP contribution < -0.4 is 15.4 Å². The van der Waals surface area contributed by atoms with Gasteiger partial charge in [0.2, 0.25) is 5.91 Å². The molecule has 0 saturated heterocycles. The van der Waals surface area contributed by atoms with E-state index in [-0.39, 0.29) is 5.91 Å². The van der Waals surface area contributed by atoms with E-state index >= 15 is 0 Å². The third-order valence-electron chi connectivity index (χ3n) is 4.55. The second-order valence-electron chi connectivity index (χ2n) is 6.33. The standard InChI is InChI=1S/C19H20N2O2/c20-17-18(14-6-2-1-3-7-14)23-16-9-5-4-8-15(16)21(19(17)22)12-13-10-11-13/h1-9,13,17-18H,10-12,20H2. The van der Waals surface area contributed by atoms with Crippen molar-refractivity contribution < 1.29 is 9.53 Å². The van der Waals surface area contributed by atoms with Crippen LogP contribution in [0, 0.1) is 5.92 Å². The van der Waals surface area contributed by atoms with Gasteiger partial charge in [0, 0.05) is 6.54 Å². The first kappa shape index (κ1) is 14.3. The number of anilines is 1. The summed E-state index contributed by atoms with van der Waals surface area (Å²) >= 11 is 0. The van der Waals surface area contributed by atoms with Gasteiger partial charge in [0.15, 0.2) is 0 Å². The number of ether oxygens (including phenoxy) is 1. The van der Waals surface area contributed by atoms with Gasteiger partial charge in [-0.1, -0.05) is 42.5 Å². The summed E-state index contributed by atoms with van der Waals surface area (Å²) in [5, 5.41) is 0. The summed E-state index contributed by atoms with van der Waals surface area (Å²) in [4.78, 5) is 14.8. The highest BCUT2D eigenvalue weighted by Gasteiger charge is 2.38. The van der Waals surface area contributed by atoms with E-state index in [2.05, 4.69) is 0 Å². The lowest BCUT2D eigenvalue weighted by Gasteiger charge is -2.24. The van der Waals surface area contributed by atoms with Crippen LogP contribution in [0.3, 0.4) is 0 Å². The first-order chi connectivity index (χ1) is 11.2. The van der Waals surface area contributed by atoms with E-state index in [9.17, 15) is 4.79 Å². The molecule has 4 rings (SSSR count). The van der Waals surface area contributed by atoms with Crippen LogP contribution in [0.1, 0.15) is 24.5 Å². The molecule has 4 heteroatoms. The molecule has 1 heterocycles. The number of carbonyl (C=O) groups is 1. The van der Waals surface area contributed by atoms with Crippen LogP contribution in [-0.2, 0) is 4.79 Å². The summed E-state index contributed by atoms with van der Waals surface area (Å²) in [6.45, 7) is 0.731. The number of hydrogen-bond donors (Lipinski definition) is 1. The van der Waals surface area contributed by atoms with Crippen LogP contribution in [0.25, 0.3) is 0 Å². The molecule has 1 fully saturated rings.